The maximum absolute atomic E-state index is 13.9. The Morgan fingerprint density at radius 2 is 2.05 bits per heavy atom. The standard InChI is InChI=1S/C17H21FN2O/c1-5-19-13(4)15-9-16(18)11(2)8-17(15)21-14-7-6-12(3)20-10-14/h6-10,13,19H,5H2,1-4H3. The normalized spacial score (nSPS) is 12.2. The van der Waals surface area contributed by atoms with E-state index >= 15 is 0 Å². The van der Waals surface area contributed by atoms with Crippen LogP contribution < -0.4 is 10.1 Å². The molecule has 4 heteroatoms. The second-order valence-corrected chi connectivity index (χ2v) is 5.16. The molecule has 0 aliphatic heterocycles. The second kappa shape index (κ2) is 6.68. The van der Waals surface area contributed by atoms with E-state index in [1.807, 2.05) is 32.9 Å². The fourth-order valence-corrected chi connectivity index (χ4v) is 2.15. The number of rotatable bonds is 5. The van der Waals surface area contributed by atoms with Crippen molar-refractivity contribution in [3.63, 3.8) is 0 Å². The fraction of sp³-hybridized carbons (Fsp3) is 0.353. The largest absolute Gasteiger partial charge is 0.455 e. The van der Waals surface area contributed by atoms with Crippen LogP contribution in [0.3, 0.4) is 0 Å². The molecule has 112 valence electrons. The van der Waals surface area contributed by atoms with Crippen LogP contribution >= 0.6 is 0 Å². The number of ether oxygens (including phenoxy) is 1. The smallest absolute Gasteiger partial charge is 0.145 e. The van der Waals surface area contributed by atoms with Gasteiger partial charge in [0.05, 0.1) is 6.20 Å². The lowest BCUT2D eigenvalue weighted by Gasteiger charge is -2.18. The first-order valence-electron chi connectivity index (χ1n) is 7.15. The highest BCUT2D eigenvalue weighted by Gasteiger charge is 2.15. The van der Waals surface area contributed by atoms with Crippen molar-refractivity contribution in [1.29, 1.82) is 0 Å². The molecule has 0 aliphatic carbocycles. The van der Waals surface area contributed by atoms with Gasteiger partial charge in [-0.2, -0.15) is 0 Å². The number of hydrogen-bond donors (Lipinski definition) is 1. The zero-order valence-electron chi connectivity index (χ0n) is 12.9. The molecule has 0 bridgehead atoms. The lowest BCUT2D eigenvalue weighted by atomic mass is 10.0. The minimum absolute atomic E-state index is 0.0125. The molecule has 21 heavy (non-hydrogen) atoms. The average molecular weight is 288 g/mol. The summed E-state index contributed by atoms with van der Waals surface area (Å²) in [5, 5.41) is 3.28. The molecule has 1 atom stereocenters. The van der Waals surface area contributed by atoms with E-state index in [1.165, 1.54) is 0 Å². The molecule has 0 saturated heterocycles. The first kappa shape index (κ1) is 15.4. The van der Waals surface area contributed by atoms with Crippen LogP contribution in [0, 0.1) is 19.7 Å². The number of pyridine rings is 1. The summed E-state index contributed by atoms with van der Waals surface area (Å²) >= 11 is 0. The Balaban J connectivity index is 2.36. The summed E-state index contributed by atoms with van der Waals surface area (Å²) in [6.07, 6.45) is 1.68. The Hall–Kier alpha value is -1.94. The monoisotopic (exact) mass is 288 g/mol. The van der Waals surface area contributed by atoms with Gasteiger partial charge in [-0.15, -0.1) is 0 Å². The van der Waals surface area contributed by atoms with Gasteiger partial charge in [-0.3, -0.25) is 4.98 Å². The Bertz CT molecular complexity index is 611. The molecule has 0 fully saturated rings. The molecule has 1 aromatic heterocycles. The number of benzene rings is 1. The molecular formula is C17H21FN2O. The van der Waals surface area contributed by atoms with Crippen LogP contribution in [-0.4, -0.2) is 11.5 Å². The van der Waals surface area contributed by atoms with E-state index in [-0.39, 0.29) is 11.9 Å². The molecule has 1 unspecified atom stereocenters. The highest BCUT2D eigenvalue weighted by molar-refractivity contribution is 5.42. The van der Waals surface area contributed by atoms with Crippen LogP contribution in [0.15, 0.2) is 30.5 Å². The number of aromatic nitrogens is 1. The summed E-state index contributed by atoms with van der Waals surface area (Å²) in [7, 11) is 0. The molecule has 2 rings (SSSR count). The molecule has 0 amide bonds. The van der Waals surface area contributed by atoms with Crippen LogP contribution in [0.25, 0.3) is 0 Å². The van der Waals surface area contributed by atoms with Crippen LogP contribution in [0.1, 0.15) is 36.7 Å². The Morgan fingerprint density at radius 3 is 2.67 bits per heavy atom. The van der Waals surface area contributed by atoms with E-state index in [4.69, 9.17) is 4.74 Å². The van der Waals surface area contributed by atoms with Crippen molar-refractivity contribution in [2.45, 2.75) is 33.7 Å². The predicted octanol–water partition coefficient (Wildman–Crippen LogP) is 4.30. The molecular weight excluding hydrogens is 267 g/mol. The van der Waals surface area contributed by atoms with Crippen molar-refractivity contribution < 1.29 is 9.13 Å². The van der Waals surface area contributed by atoms with Crippen LogP contribution in [0.2, 0.25) is 0 Å². The molecule has 0 saturated carbocycles. The summed E-state index contributed by atoms with van der Waals surface area (Å²) in [5.41, 5.74) is 2.30. The van der Waals surface area contributed by atoms with Crippen LogP contribution in [-0.2, 0) is 0 Å². The van der Waals surface area contributed by atoms with Gasteiger partial charge in [-0.1, -0.05) is 6.92 Å². The maximum Gasteiger partial charge on any atom is 0.145 e. The summed E-state index contributed by atoms with van der Waals surface area (Å²) in [6, 6.07) is 7.04. The van der Waals surface area contributed by atoms with Gasteiger partial charge in [0.25, 0.3) is 0 Å². The van der Waals surface area contributed by atoms with Crippen LogP contribution in [0.5, 0.6) is 11.5 Å². The summed E-state index contributed by atoms with van der Waals surface area (Å²) < 4.78 is 19.8. The van der Waals surface area contributed by atoms with Gasteiger partial charge < -0.3 is 10.1 Å². The lowest BCUT2D eigenvalue weighted by Crippen LogP contribution is -2.18. The van der Waals surface area contributed by atoms with Gasteiger partial charge >= 0.3 is 0 Å². The zero-order valence-corrected chi connectivity index (χ0v) is 12.9. The van der Waals surface area contributed by atoms with Gasteiger partial charge in [-0.25, -0.2) is 4.39 Å². The molecule has 1 aromatic carbocycles. The van der Waals surface area contributed by atoms with Crippen molar-refractivity contribution in [2.24, 2.45) is 0 Å². The summed E-state index contributed by atoms with van der Waals surface area (Å²) in [4.78, 5) is 4.21. The SMILES string of the molecule is CCNC(C)c1cc(F)c(C)cc1Oc1ccc(C)nc1. The van der Waals surface area contributed by atoms with Gasteiger partial charge in [0, 0.05) is 17.3 Å². The Morgan fingerprint density at radius 1 is 1.29 bits per heavy atom. The highest BCUT2D eigenvalue weighted by atomic mass is 19.1. The molecule has 0 aliphatic rings. The average Bonchev–Trinajstić information content (AvgIpc) is 2.45. The van der Waals surface area contributed by atoms with E-state index in [2.05, 4.69) is 10.3 Å². The number of aryl methyl sites for hydroxylation is 2. The van der Waals surface area contributed by atoms with E-state index in [0.29, 0.717) is 17.1 Å². The molecule has 1 heterocycles. The highest BCUT2D eigenvalue weighted by Crippen LogP contribution is 2.31. The Kier molecular flexibility index (Phi) is 4.91. The maximum atomic E-state index is 13.9. The number of nitrogens with one attached hydrogen (secondary N) is 1. The molecule has 0 spiro atoms. The molecule has 2 aromatic rings. The van der Waals surface area contributed by atoms with Crippen LogP contribution in [0.4, 0.5) is 4.39 Å². The number of halogens is 1. The van der Waals surface area contributed by atoms with E-state index in [1.54, 1.807) is 25.3 Å². The lowest BCUT2D eigenvalue weighted by molar-refractivity contribution is 0.456. The van der Waals surface area contributed by atoms with E-state index in [9.17, 15) is 4.39 Å². The second-order valence-electron chi connectivity index (χ2n) is 5.16. The Labute approximate surface area is 125 Å². The van der Waals surface area contributed by atoms with Gasteiger partial charge in [-0.05, 0) is 57.1 Å². The van der Waals surface area contributed by atoms with Crippen molar-refractivity contribution in [1.82, 2.24) is 10.3 Å². The topological polar surface area (TPSA) is 34.1 Å². The van der Waals surface area contributed by atoms with E-state index < -0.39 is 0 Å². The number of hydrogen-bond acceptors (Lipinski definition) is 3. The first-order chi connectivity index (χ1) is 10.0. The van der Waals surface area contributed by atoms with Crippen molar-refractivity contribution >= 4 is 0 Å². The molecule has 0 radical (unpaired) electrons. The van der Waals surface area contributed by atoms with E-state index in [0.717, 1.165) is 17.8 Å². The van der Waals surface area contributed by atoms with Gasteiger partial charge in [0.2, 0.25) is 0 Å². The first-order valence-corrected chi connectivity index (χ1v) is 7.15. The molecule has 1 N–H and O–H groups in total. The minimum atomic E-state index is -0.218. The number of nitrogens with zero attached hydrogens (tertiary/aromatic N) is 1. The minimum Gasteiger partial charge on any atom is -0.455 e. The summed E-state index contributed by atoms with van der Waals surface area (Å²) in [5.74, 6) is 1.09. The third-order valence-corrected chi connectivity index (χ3v) is 3.38. The fourth-order valence-electron chi connectivity index (χ4n) is 2.15. The third-order valence-electron chi connectivity index (χ3n) is 3.38. The predicted molar refractivity (Wildman–Crippen MR) is 82.3 cm³/mol. The zero-order chi connectivity index (χ0) is 15.4. The van der Waals surface area contributed by atoms with Crippen molar-refractivity contribution in [3.05, 3.63) is 53.1 Å². The molecule has 3 nitrogen and oxygen atoms in total. The third kappa shape index (κ3) is 3.79. The van der Waals surface area contributed by atoms with Crippen molar-refractivity contribution in [3.8, 4) is 11.5 Å². The van der Waals surface area contributed by atoms with Gasteiger partial charge in [0.1, 0.15) is 17.3 Å². The summed E-state index contributed by atoms with van der Waals surface area (Å²) in [6.45, 7) is 8.48. The van der Waals surface area contributed by atoms with Crippen molar-refractivity contribution in [2.75, 3.05) is 6.54 Å². The quantitative estimate of drug-likeness (QED) is 0.890. The van der Waals surface area contributed by atoms with Gasteiger partial charge in [0.15, 0.2) is 0 Å².